The van der Waals surface area contributed by atoms with Gasteiger partial charge in [0.15, 0.2) is 0 Å². The molecule has 0 aromatic carbocycles. The molecule has 100 valence electrons. The van der Waals surface area contributed by atoms with Gasteiger partial charge in [-0.15, -0.1) is 0 Å². The van der Waals surface area contributed by atoms with Gasteiger partial charge < -0.3 is 5.32 Å². The van der Waals surface area contributed by atoms with E-state index < -0.39 is 0 Å². The Morgan fingerprint density at radius 2 is 2.06 bits per heavy atom. The lowest BCUT2D eigenvalue weighted by molar-refractivity contribution is -0.127. The maximum atomic E-state index is 12.1. The predicted molar refractivity (Wildman–Crippen MR) is 69.8 cm³/mol. The van der Waals surface area contributed by atoms with Crippen molar-refractivity contribution in [3.8, 4) is 6.07 Å². The van der Waals surface area contributed by atoms with E-state index in [2.05, 4.69) is 23.2 Å². The normalized spacial score (nSPS) is 31.4. The Labute approximate surface area is 109 Å². The number of hydrogen-bond donors (Lipinski definition) is 1. The second kappa shape index (κ2) is 6.19. The van der Waals surface area contributed by atoms with E-state index in [1.54, 1.807) is 0 Å². The SMILES string of the molecule is CC1CCNC(=O)C(CC#N)N1C1CCCCC1. The first kappa shape index (κ1) is 13.4. The highest BCUT2D eigenvalue weighted by Crippen LogP contribution is 2.28. The van der Waals surface area contributed by atoms with E-state index in [0.717, 1.165) is 13.0 Å². The highest BCUT2D eigenvalue weighted by Gasteiger charge is 2.36. The van der Waals surface area contributed by atoms with Gasteiger partial charge in [-0.3, -0.25) is 9.69 Å². The molecule has 1 saturated carbocycles. The molecule has 0 radical (unpaired) electrons. The van der Waals surface area contributed by atoms with Crippen LogP contribution in [0.25, 0.3) is 0 Å². The average molecular weight is 249 g/mol. The zero-order valence-corrected chi connectivity index (χ0v) is 11.2. The van der Waals surface area contributed by atoms with E-state index in [0.29, 0.717) is 18.5 Å². The fourth-order valence-corrected chi connectivity index (χ4v) is 3.39. The molecular weight excluding hydrogens is 226 g/mol. The predicted octanol–water partition coefficient (Wildman–Crippen LogP) is 1.81. The van der Waals surface area contributed by atoms with Crippen LogP contribution >= 0.6 is 0 Å². The van der Waals surface area contributed by atoms with Gasteiger partial charge in [-0.05, 0) is 26.2 Å². The lowest BCUT2D eigenvalue weighted by atomic mass is 9.91. The van der Waals surface area contributed by atoms with Gasteiger partial charge in [0.05, 0.1) is 12.5 Å². The van der Waals surface area contributed by atoms with Crippen molar-refractivity contribution >= 4 is 5.91 Å². The molecule has 0 spiro atoms. The van der Waals surface area contributed by atoms with E-state index in [-0.39, 0.29) is 11.9 Å². The van der Waals surface area contributed by atoms with E-state index in [4.69, 9.17) is 5.26 Å². The molecule has 0 bridgehead atoms. The van der Waals surface area contributed by atoms with Gasteiger partial charge in [-0.1, -0.05) is 19.3 Å². The summed E-state index contributed by atoms with van der Waals surface area (Å²) in [7, 11) is 0. The quantitative estimate of drug-likeness (QED) is 0.812. The molecule has 1 amide bonds. The summed E-state index contributed by atoms with van der Waals surface area (Å²) in [6.45, 7) is 2.93. The van der Waals surface area contributed by atoms with Crippen LogP contribution in [0.4, 0.5) is 0 Å². The molecule has 2 unspecified atom stereocenters. The van der Waals surface area contributed by atoms with Crippen molar-refractivity contribution in [2.75, 3.05) is 6.54 Å². The Morgan fingerprint density at radius 1 is 1.33 bits per heavy atom. The summed E-state index contributed by atoms with van der Waals surface area (Å²) < 4.78 is 0. The third kappa shape index (κ3) is 2.84. The lowest BCUT2D eigenvalue weighted by Gasteiger charge is -2.40. The van der Waals surface area contributed by atoms with Gasteiger partial charge in [0.1, 0.15) is 6.04 Å². The van der Waals surface area contributed by atoms with Gasteiger partial charge in [-0.25, -0.2) is 0 Å². The Kier molecular flexibility index (Phi) is 4.60. The van der Waals surface area contributed by atoms with Crippen LogP contribution in [-0.2, 0) is 4.79 Å². The van der Waals surface area contributed by atoms with Crippen molar-refractivity contribution in [3.05, 3.63) is 0 Å². The molecular formula is C14H23N3O. The fourth-order valence-electron chi connectivity index (χ4n) is 3.39. The maximum Gasteiger partial charge on any atom is 0.238 e. The summed E-state index contributed by atoms with van der Waals surface area (Å²) in [5, 5.41) is 11.9. The van der Waals surface area contributed by atoms with E-state index in [9.17, 15) is 4.79 Å². The Hall–Kier alpha value is -1.08. The minimum atomic E-state index is -0.240. The molecule has 0 aromatic heterocycles. The molecule has 1 saturated heterocycles. The molecule has 4 nitrogen and oxygen atoms in total. The number of rotatable bonds is 2. The fraction of sp³-hybridized carbons (Fsp3) is 0.857. The third-order valence-electron chi connectivity index (χ3n) is 4.31. The largest absolute Gasteiger partial charge is 0.355 e. The van der Waals surface area contributed by atoms with Crippen molar-refractivity contribution in [2.45, 2.75) is 70.0 Å². The minimum Gasteiger partial charge on any atom is -0.355 e. The topological polar surface area (TPSA) is 56.1 Å². The van der Waals surface area contributed by atoms with Gasteiger partial charge in [-0.2, -0.15) is 5.26 Å². The second-order valence-electron chi connectivity index (χ2n) is 5.55. The number of nitrogens with one attached hydrogen (secondary N) is 1. The summed E-state index contributed by atoms with van der Waals surface area (Å²) in [5.74, 6) is 0.0477. The van der Waals surface area contributed by atoms with Crippen LogP contribution < -0.4 is 5.32 Å². The summed E-state index contributed by atoms with van der Waals surface area (Å²) in [6, 6.07) is 2.83. The van der Waals surface area contributed by atoms with Gasteiger partial charge in [0.25, 0.3) is 0 Å². The zero-order chi connectivity index (χ0) is 13.0. The monoisotopic (exact) mass is 249 g/mol. The van der Waals surface area contributed by atoms with Crippen molar-refractivity contribution < 1.29 is 4.79 Å². The molecule has 2 fully saturated rings. The first-order valence-electron chi connectivity index (χ1n) is 7.16. The molecule has 1 heterocycles. The van der Waals surface area contributed by atoms with Crippen LogP contribution in [0.5, 0.6) is 0 Å². The molecule has 1 N–H and O–H groups in total. The molecule has 2 aliphatic rings. The summed E-state index contributed by atoms with van der Waals surface area (Å²) >= 11 is 0. The van der Waals surface area contributed by atoms with E-state index >= 15 is 0 Å². The standard InChI is InChI=1S/C14H23N3O/c1-11-8-10-16-14(18)13(7-9-15)17(11)12-5-3-2-4-6-12/h11-13H,2-8,10H2,1H3,(H,16,18). The molecule has 1 aliphatic heterocycles. The second-order valence-corrected chi connectivity index (χ2v) is 5.55. The van der Waals surface area contributed by atoms with Crippen LogP contribution in [0.1, 0.15) is 51.9 Å². The van der Waals surface area contributed by atoms with E-state index in [1.165, 1.54) is 32.1 Å². The Bertz CT molecular complexity index is 330. The number of nitriles is 1. The average Bonchev–Trinajstić information content (AvgIpc) is 2.51. The Morgan fingerprint density at radius 3 is 2.72 bits per heavy atom. The summed E-state index contributed by atoms with van der Waals surface area (Å²) in [6.07, 6.45) is 7.49. The van der Waals surface area contributed by atoms with Crippen molar-refractivity contribution in [3.63, 3.8) is 0 Å². The minimum absolute atomic E-state index is 0.0477. The van der Waals surface area contributed by atoms with Gasteiger partial charge in [0, 0.05) is 18.6 Å². The zero-order valence-electron chi connectivity index (χ0n) is 11.2. The van der Waals surface area contributed by atoms with Crippen LogP contribution in [0.15, 0.2) is 0 Å². The number of carbonyl (C=O) groups excluding carboxylic acids is 1. The smallest absolute Gasteiger partial charge is 0.238 e. The number of amides is 1. The third-order valence-corrected chi connectivity index (χ3v) is 4.31. The van der Waals surface area contributed by atoms with Crippen LogP contribution in [-0.4, -0.2) is 35.5 Å². The van der Waals surface area contributed by atoms with Crippen molar-refractivity contribution in [2.24, 2.45) is 0 Å². The highest BCUT2D eigenvalue weighted by molar-refractivity contribution is 5.82. The number of nitrogens with zero attached hydrogens (tertiary/aromatic N) is 2. The van der Waals surface area contributed by atoms with Crippen LogP contribution in [0.2, 0.25) is 0 Å². The Balaban J connectivity index is 2.17. The van der Waals surface area contributed by atoms with Crippen LogP contribution in [0, 0.1) is 11.3 Å². The molecule has 2 atom stereocenters. The summed E-state index contributed by atoms with van der Waals surface area (Å²) in [4.78, 5) is 14.4. The molecule has 0 aromatic rings. The lowest BCUT2D eigenvalue weighted by Crippen LogP contribution is -2.52. The van der Waals surface area contributed by atoms with Crippen molar-refractivity contribution in [1.82, 2.24) is 10.2 Å². The molecule has 2 rings (SSSR count). The first-order valence-corrected chi connectivity index (χ1v) is 7.16. The number of hydrogen-bond acceptors (Lipinski definition) is 3. The van der Waals surface area contributed by atoms with Crippen molar-refractivity contribution in [1.29, 1.82) is 5.26 Å². The van der Waals surface area contributed by atoms with Gasteiger partial charge in [0.2, 0.25) is 5.91 Å². The van der Waals surface area contributed by atoms with Crippen LogP contribution in [0.3, 0.4) is 0 Å². The van der Waals surface area contributed by atoms with Gasteiger partial charge >= 0.3 is 0 Å². The molecule has 18 heavy (non-hydrogen) atoms. The van der Waals surface area contributed by atoms with E-state index in [1.807, 2.05) is 0 Å². The molecule has 4 heteroatoms. The molecule has 1 aliphatic carbocycles. The maximum absolute atomic E-state index is 12.1. The highest BCUT2D eigenvalue weighted by atomic mass is 16.2. The summed E-state index contributed by atoms with van der Waals surface area (Å²) in [5.41, 5.74) is 0. The first-order chi connectivity index (χ1) is 8.74. The number of carbonyl (C=O) groups is 1.